The van der Waals surface area contributed by atoms with Crippen molar-refractivity contribution < 1.29 is 23.9 Å². The summed E-state index contributed by atoms with van der Waals surface area (Å²) in [4.78, 5) is 36.3. The molecule has 1 unspecified atom stereocenters. The van der Waals surface area contributed by atoms with E-state index in [0.717, 1.165) is 0 Å². The number of nitrogens with zero attached hydrogens (tertiary/aromatic N) is 1. The molecule has 21 heavy (non-hydrogen) atoms. The van der Waals surface area contributed by atoms with Gasteiger partial charge in [-0.25, -0.2) is 4.79 Å². The molecular weight excluding hydrogens is 276 g/mol. The second kappa shape index (κ2) is 5.82. The van der Waals surface area contributed by atoms with Crippen LogP contribution in [0.1, 0.15) is 16.8 Å². The normalized spacial score (nSPS) is 17.7. The predicted molar refractivity (Wildman–Crippen MR) is 74.0 cm³/mol. The van der Waals surface area contributed by atoms with Crippen molar-refractivity contribution >= 4 is 23.5 Å². The van der Waals surface area contributed by atoms with E-state index in [1.54, 1.807) is 12.1 Å². The highest BCUT2D eigenvalue weighted by molar-refractivity contribution is 6.02. The van der Waals surface area contributed by atoms with Crippen molar-refractivity contribution in [2.45, 2.75) is 6.42 Å². The van der Waals surface area contributed by atoms with Crippen LogP contribution in [0.25, 0.3) is 0 Å². The molecule has 0 bridgehead atoms. The molecule has 112 valence electrons. The first-order chi connectivity index (χ1) is 9.97. The van der Waals surface area contributed by atoms with Crippen LogP contribution in [0, 0.1) is 5.92 Å². The number of rotatable bonds is 4. The molecule has 0 spiro atoms. The summed E-state index contributed by atoms with van der Waals surface area (Å²) in [5.41, 5.74) is 5.97. The maximum atomic E-state index is 12.1. The van der Waals surface area contributed by atoms with Crippen molar-refractivity contribution in [3.63, 3.8) is 0 Å². The zero-order chi connectivity index (χ0) is 15.6. The van der Waals surface area contributed by atoms with Gasteiger partial charge in [0.2, 0.25) is 11.8 Å². The number of ether oxygens (including phenoxy) is 2. The van der Waals surface area contributed by atoms with E-state index in [1.807, 2.05) is 0 Å². The summed E-state index contributed by atoms with van der Waals surface area (Å²) in [5, 5.41) is 0. The van der Waals surface area contributed by atoms with Crippen LogP contribution in [-0.2, 0) is 14.3 Å². The minimum absolute atomic E-state index is 0.0565. The number of primary amides is 1. The Hall–Kier alpha value is -2.57. The summed E-state index contributed by atoms with van der Waals surface area (Å²) in [7, 11) is 2.74. The minimum Gasteiger partial charge on any atom is -0.495 e. The van der Waals surface area contributed by atoms with Gasteiger partial charge in [-0.15, -0.1) is 0 Å². The van der Waals surface area contributed by atoms with E-state index in [4.69, 9.17) is 10.5 Å². The van der Waals surface area contributed by atoms with E-state index in [1.165, 1.54) is 25.2 Å². The first-order valence-corrected chi connectivity index (χ1v) is 6.34. The van der Waals surface area contributed by atoms with Crippen LogP contribution in [0.2, 0.25) is 0 Å². The molecule has 7 nitrogen and oxygen atoms in total. The van der Waals surface area contributed by atoms with Crippen molar-refractivity contribution in [3.8, 4) is 5.75 Å². The lowest BCUT2D eigenvalue weighted by atomic mass is 10.1. The van der Waals surface area contributed by atoms with E-state index in [-0.39, 0.29) is 18.9 Å². The van der Waals surface area contributed by atoms with E-state index < -0.39 is 17.8 Å². The highest BCUT2D eigenvalue weighted by Crippen LogP contribution is 2.34. The quantitative estimate of drug-likeness (QED) is 0.806. The van der Waals surface area contributed by atoms with Gasteiger partial charge in [0.1, 0.15) is 5.75 Å². The van der Waals surface area contributed by atoms with E-state index >= 15 is 0 Å². The summed E-state index contributed by atoms with van der Waals surface area (Å²) in [6.07, 6.45) is 0.0565. The minimum atomic E-state index is -0.538. The van der Waals surface area contributed by atoms with E-state index in [0.29, 0.717) is 17.0 Å². The Morgan fingerprint density at radius 1 is 1.33 bits per heavy atom. The molecule has 2 amide bonds. The lowest BCUT2D eigenvalue weighted by Crippen LogP contribution is -2.28. The molecule has 7 heteroatoms. The second-order valence-corrected chi connectivity index (χ2v) is 4.69. The fourth-order valence-electron chi connectivity index (χ4n) is 2.28. The van der Waals surface area contributed by atoms with Gasteiger partial charge in [0.05, 0.1) is 31.4 Å². The molecule has 1 heterocycles. The smallest absolute Gasteiger partial charge is 0.337 e. The third kappa shape index (κ3) is 2.81. The Balaban J connectivity index is 2.39. The zero-order valence-corrected chi connectivity index (χ0v) is 11.8. The number of carbonyl (C=O) groups excluding carboxylic acids is 3. The molecule has 0 saturated carbocycles. The average molecular weight is 292 g/mol. The molecule has 1 fully saturated rings. The Labute approximate surface area is 121 Å². The topological polar surface area (TPSA) is 98.9 Å². The van der Waals surface area contributed by atoms with Crippen molar-refractivity contribution in [1.29, 1.82) is 0 Å². The Bertz CT molecular complexity index is 599. The number of carbonyl (C=O) groups is 3. The van der Waals surface area contributed by atoms with Gasteiger partial charge < -0.3 is 20.1 Å². The summed E-state index contributed by atoms with van der Waals surface area (Å²) in [6.45, 7) is 0.176. The molecule has 2 N–H and O–H groups in total. The van der Waals surface area contributed by atoms with Crippen LogP contribution in [0.5, 0.6) is 5.75 Å². The third-order valence-corrected chi connectivity index (χ3v) is 3.42. The van der Waals surface area contributed by atoms with Crippen molar-refractivity contribution in [2.75, 3.05) is 25.7 Å². The number of nitrogens with two attached hydrogens (primary N) is 1. The Morgan fingerprint density at radius 3 is 2.57 bits per heavy atom. The van der Waals surface area contributed by atoms with Crippen LogP contribution in [0.3, 0.4) is 0 Å². The van der Waals surface area contributed by atoms with Gasteiger partial charge in [0.25, 0.3) is 0 Å². The van der Waals surface area contributed by atoms with E-state index in [2.05, 4.69) is 4.74 Å². The molecule has 1 aromatic carbocycles. The average Bonchev–Trinajstić information content (AvgIpc) is 2.87. The van der Waals surface area contributed by atoms with Gasteiger partial charge >= 0.3 is 5.97 Å². The molecule has 1 aliphatic heterocycles. The van der Waals surface area contributed by atoms with Crippen LogP contribution >= 0.6 is 0 Å². The fourth-order valence-corrected chi connectivity index (χ4v) is 2.28. The first-order valence-electron chi connectivity index (χ1n) is 6.34. The Kier molecular flexibility index (Phi) is 4.11. The molecule has 1 atom stereocenters. The van der Waals surface area contributed by atoms with Crippen LogP contribution in [0.4, 0.5) is 5.69 Å². The van der Waals surface area contributed by atoms with Gasteiger partial charge in [-0.1, -0.05) is 0 Å². The highest BCUT2D eigenvalue weighted by atomic mass is 16.5. The number of methoxy groups -OCH3 is 2. The summed E-state index contributed by atoms with van der Waals surface area (Å²) < 4.78 is 9.86. The lowest BCUT2D eigenvalue weighted by Gasteiger charge is -2.20. The van der Waals surface area contributed by atoms with Gasteiger partial charge in [-0.05, 0) is 18.2 Å². The summed E-state index contributed by atoms with van der Waals surface area (Å²) >= 11 is 0. The second-order valence-electron chi connectivity index (χ2n) is 4.69. The van der Waals surface area contributed by atoms with Gasteiger partial charge in [-0.3, -0.25) is 9.59 Å². The number of hydrogen-bond acceptors (Lipinski definition) is 5. The third-order valence-electron chi connectivity index (χ3n) is 3.42. The maximum Gasteiger partial charge on any atom is 0.337 e. The molecule has 2 rings (SSSR count). The standard InChI is InChI=1S/C14H16N2O5/c1-20-11-4-3-8(14(19)21-2)5-10(11)16-7-9(13(15)18)6-12(16)17/h3-5,9H,6-7H2,1-2H3,(H2,15,18). The van der Waals surface area contributed by atoms with Crippen LogP contribution in [-0.4, -0.2) is 38.5 Å². The molecule has 0 aromatic heterocycles. The molecule has 0 aliphatic carbocycles. The van der Waals surface area contributed by atoms with E-state index in [9.17, 15) is 14.4 Å². The van der Waals surface area contributed by atoms with Crippen molar-refractivity contribution in [3.05, 3.63) is 23.8 Å². The van der Waals surface area contributed by atoms with Crippen molar-refractivity contribution in [2.24, 2.45) is 11.7 Å². The lowest BCUT2D eigenvalue weighted by molar-refractivity contribution is -0.123. The van der Waals surface area contributed by atoms with Crippen LogP contribution in [0.15, 0.2) is 18.2 Å². The molecule has 1 aliphatic rings. The van der Waals surface area contributed by atoms with Gasteiger partial charge in [0, 0.05) is 13.0 Å². The number of anilines is 1. The maximum absolute atomic E-state index is 12.1. The number of benzene rings is 1. The van der Waals surface area contributed by atoms with Gasteiger partial charge in [0.15, 0.2) is 0 Å². The molecule has 1 aromatic rings. The van der Waals surface area contributed by atoms with Crippen molar-refractivity contribution in [1.82, 2.24) is 0 Å². The molecular formula is C14H16N2O5. The monoisotopic (exact) mass is 292 g/mol. The fraction of sp³-hybridized carbons (Fsp3) is 0.357. The number of amides is 2. The largest absolute Gasteiger partial charge is 0.495 e. The Morgan fingerprint density at radius 2 is 2.05 bits per heavy atom. The number of hydrogen-bond donors (Lipinski definition) is 1. The predicted octanol–water partition coefficient (Wildman–Crippen LogP) is 0.320. The SMILES string of the molecule is COC(=O)c1ccc(OC)c(N2CC(C(N)=O)CC2=O)c1. The van der Waals surface area contributed by atoms with Crippen LogP contribution < -0.4 is 15.4 Å². The molecule has 0 radical (unpaired) electrons. The zero-order valence-electron chi connectivity index (χ0n) is 11.8. The van der Waals surface area contributed by atoms with Gasteiger partial charge in [-0.2, -0.15) is 0 Å². The summed E-state index contributed by atoms with van der Waals surface area (Å²) in [5.74, 6) is -1.38. The number of esters is 1. The first kappa shape index (κ1) is 14.8. The highest BCUT2D eigenvalue weighted by Gasteiger charge is 2.35. The molecule has 1 saturated heterocycles. The summed E-state index contributed by atoms with van der Waals surface area (Å²) in [6, 6.07) is 4.62.